The number of carbonyl (C=O) groups is 1. The van der Waals surface area contributed by atoms with Crippen molar-refractivity contribution in [1.82, 2.24) is 5.32 Å². The number of carbonyl (C=O) groups excluding carboxylic acids is 1. The molecule has 1 aliphatic rings. The minimum atomic E-state index is -0.249. The molecule has 0 saturated carbocycles. The maximum atomic E-state index is 13.1. The van der Waals surface area contributed by atoms with Crippen LogP contribution in [0.4, 0.5) is 10.1 Å². The molecule has 0 aromatic heterocycles. The number of anilines is 1. The molecule has 0 spiro atoms. The van der Waals surface area contributed by atoms with Gasteiger partial charge < -0.3 is 10.6 Å². The molecule has 1 saturated heterocycles. The van der Waals surface area contributed by atoms with Crippen LogP contribution in [0.25, 0.3) is 0 Å². The predicted octanol–water partition coefficient (Wildman–Crippen LogP) is 2.32. The first kappa shape index (κ1) is 13.0. The van der Waals surface area contributed by atoms with E-state index in [1.807, 2.05) is 0 Å². The fraction of sp³-hybridized carbons (Fsp3) is 0.500. The normalized spacial score (nSPS) is 23.7. The zero-order valence-corrected chi connectivity index (χ0v) is 10.8. The summed E-state index contributed by atoms with van der Waals surface area (Å²) in [6.45, 7) is 5.51. The molecule has 1 amide bonds. The van der Waals surface area contributed by atoms with Gasteiger partial charge in [0.2, 0.25) is 5.91 Å². The number of piperidine rings is 1. The number of hydrogen-bond donors (Lipinski definition) is 2. The summed E-state index contributed by atoms with van der Waals surface area (Å²) in [6, 6.07) is 4.64. The van der Waals surface area contributed by atoms with Gasteiger partial charge in [0.1, 0.15) is 5.82 Å². The highest BCUT2D eigenvalue weighted by atomic mass is 19.1. The first-order chi connectivity index (χ1) is 8.56. The summed E-state index contributed by atoms with van der Waals surface area (Å²) in [6.07, 6.45) is 0.902. The SMILES string of the molecule is Cc1cc(NC(=O)C2CNCC(C)C2)ccc1F. The van der Waals surface area contributed by atoms with Crippen LogP contribution >= 0.6 is 0 Å². The maximum absolute atomic E-state index is 13.1. The van der Waals surface area contributed by atoms with Gasteiger partial charge in [-0.05, 0) is 49.6 Å². The van der Waals surface area contributed by atoms with Crippen molar-refractivity contribution < 1.29 is 9.18 Å². The van der Waals surface area contributed by atoms with Crippen molar-refractivity contribution in [3.05, 3.63) is 29.6 Å². The Kier molecular flexibility index (Phi) is 3.97. The standard InChI is InChI=1S/C14H19FN2O/c1-9-5-11(8-16-7-9)14(18)17-12-3-4-13(15)10(2)6-12/h3-4,6,9,11,16H,5,7-8H2,1-2H3,(H,17,18). The Labute approximate surface area is 107 Å². The van der Waals surface area contributed by atoms with Crippen molar-refractivity contribution in [3.63, 3.8) is 0 Å². The number of hydrogen-bond acceptors (Lipinski definition) is 2. The highest BCUT2D eigenvalue weighted by molar-refractivity contribution is 5.92. The molecule has 98 valence electrons. The maximum Gasteiger partial charge on any atom is 0.228 e. The van der Waals surface area contributed by atoms with Gasteiger partial charge in [-0.1, -0.05) is 6.92 Å². The predicted molar refractivity (Wildman–Crippen MR) is 69.9 cm³/mol. The highest BCUT2D eigenvalue weighted by Gasteiger charge is 2.24. The van der Waals surface area contributed by atoms with E-state index in [2.05, 4.69) is 17.6 Å². The van der Waals surface area contributed by atoms with Crippen molar-refractivity contribution >= 4 is 11.6 Å². The van der Waals surface area contributed by atoms with Gasteiger partial charge in [0.05, 0.1) is 5.92 Å². The molecule has 3 nitrogen and oxygen atoms in total. The summed E-state index contributed by atoms with van der Waals surface area (Å²) in [5.74, 6) is 0.282. The lowest BCUT2D eigenvalue weighted by Crippen LogP contribution is -2.40. The molecule has 0 bridgehead atoms. The molecule has 4 heteroatoms. The second-order valence-electron chi connectivity index (χ2n) is 5.15. The van der Waals surface area contributed by atoms with Crippen LogP contribution in [-0.2, 0) is 4.79 Å². The largest absolute Gasteiger partial charge is 0.326 e. The Bertz CT molecular complexity index is 447. The lowest BCUT2D eigenvalue weighted by Gasteiger charge is -2.26. The third-order valence-electron chi connectivity index (χ3n) is 3.37. The number of benzene rings is 1. The Morgan fingerprint density at radius 1 is 1.44 bits per heavy atom. The smallest absolute Gasteiger partial charge is 0.228 e. The van der Waals surface area contributed by atoms with Gasteiger partial charge in [0.15, 0.2) is 0 Å². The Morgan fingerprint density at radius 3 is 2.89 bits per heavy atom. The van der Waals surface area contributed by atoms with Crippen LogP contribution < -0.4 is 10.6 Å². The van der Waals surface area contributed by atoms with Crippen LogP contribution in [0.5, 0.6) is 0 Å². The van der Waals surface area contributed by atoms with Gasteiger partial charge in [-0.3, -0.25) is 4.79 Å². The second kappa shape index (κ2) is 5.48. The average molecular weight is 250 g/mol. The van der Waals surface area contributed by atoms with Gasteiger partial charge >= 0.3 is 0 Å². The minimum Gasteiger partial charge on any atom is -0.326 e. The summed E-state index contributed by atoms with van der Waals surface area (Å²) in [5.41, 5.74) is 1.21. The minimum absolute atomic E-state index is 0.000825. The van der Waals surface area contributed by atoms with Crippen LogP contribution in [0.3, 0.4) is 0 Å². The second-order valence-corrected chi connectivity index (χ2v) is 5.15. The Morgan fingerprint density at radius 2 is 2.22 bits per heavy atom. The lowest BCUT2D eigenvalue weighted by molar-refractivity contribution is -0.120. The van der Waals surface area contributed by atoms with Gasteiger partial charge in [-0.25, -0.2) is 4.39 Å². The molecule has 1 aliphatic heterocycles. The van der Waals surface area contributed by atoms with E-state index in [4.69, 9.17) is 0 Å². The molecule has 1 fully saturated rings. The van der Waals surface area contributed by atoms with Gasteiger partial charge in [0, 0.05) is 12.2 Å². The molecule has 0 aliphatic carbocycles. The van der Waals surface area contributed by atoms with E-state index >= 15 is 0 Å². The Hall–Kier alpha value is -1.42. The van der Waals surface area contributed by atoms with E-state index in [9.17, 15) is 9.18 Å². The number of rotatable bonds is 2. The summed E-state index contributed by atoms with van der Waals surface area (Å²) in [4.78, 5) is 12.1. The number of aryl methyl sites for hydroxylation is 1. The first-order valence-electron chi connectivity index (χ1n) is 6.34. The topological polar surface area (TPSA) is 41.1 Å². The van der Waals surface area contributed by atoms with Crippen molar-refractivity contribution in [3.8, 4) is 0 Å². The third-order valence-corrected chi connectivity index (χ3v) is 3.37. The van der Waals surface area contributed by atoms with Crippen LogP contribution in [0.2, 0.25) is 0 Å². The van der Waals surface area contributed by atoms with E-state index in [-0.39, 0.29) is 17.6 Å². The van der Waals surface area contributed by atoms with Crippen LogP contribution in [0.1, 0.15) is 18.9 Å². The first-order valence-corrected chi connectivity index (χ1v) is 6.34. The van der Waals surface area contributed by atoms with Crippen molar-refractivity contribution in [2.45, 2.75) is 20.3 Å². The molecular weight excluding hydrogens is 231 g/mol. The Balaban J connectivity index is 2.00. The molecule has 1 heterocycles. The number of nitrogens with one attached hydrogen (secondary N) is 2. The zero-order chi connectivity index (χ0) is 13.1. The summed E-state index contributed by atoms with van der Waals surface area (Å²) >= 11 is 0. The summed E-state index contributed by atoms with van der Waals surface area (Å²) < 4.78 is 13.1. The van der Waals surface area contributed by atoms with E-state index < -0.39 is 0 Å². The van der Waals surface area contributed by atoms with E-state index in [0.29, 0.717) is 17.2 Å². The van der Waals surface area contributed by atoms with Crippen molar-refractivity contribution in [1.29, 1.82) is 0 Å². The van der Waals surface area contributed by atoms with Gasteiger partial charge in [-0.15, -0.1) is 0 Å². The summed E-state index contributed by atoms with van der Waals surface area (Å²) in [7, 11) is 0. The molecule has 2 unspecified atom stereocenters. The molecule has 2 atom stereocenters. The molecule has 1 aromatic carbocycles. The molecule has 0 radical (unpaired) electrons. The molecule has 18 heavy (non-hydrogen) atoms. The third kappa shape index (κ3) is 3.07. The zero-order valence-electron chi connectivity index (χ0n) is 10.8. The van der Waals surface area contributed by atoms with Gasteiger partial charge in [-0.2, -0.15) is 0 Å². The van der Waals surface area contributed by atoms with Crippen LogP contribution in [0.15, 0.2) is 18.2 Å². The fourth-order valence-electron chi connectivity index (χ4n) is 2.32. The quantitative estimate of drug-likeness (QED) is 0.845. The van der Waals surface area contributed by atoms with Crippen molar-refractivity contribution in [2.24, 2.45) is 11.8 Å². The van der Waals surface area contributed by atoms with Crippen LogP contribution in [-0.4, -0.2) is 19.0 Å². The number of amides is 1. The molecule has 2 rings (SSSR count). The van der Waals surface area contributed by atoms with E-state index in [1.165, 1.54) is 6.07 Å². The summed E-state index contributed by atoms with van der Waals surface area (Å²) in [5, 5.41) is 6.11. The van der Waals surface area contributed by atoms with Gasteiger partial charge in [0.25, 0.3) is 0 Å². The average Bonchev–Trinajstić information content (AvgIpc) is 2.34. The molecule has 1 aromatic rings. The van der Waals surface area contributed by atoms with E-state index in [1.54, 1.807) is 19.1 Å². The monoisotopic (exact) mass is 250 g/mol. The fourth-order valence-corrected chi connectivity index (χ4v) is 2.32. The van der Waals surface area contributed by atoms with Crippen molar-refractivity contribution in [2.75, 3.05) is 18.4 Å². The lowest BCUT2D eigenvalue weighted by atomic mass is 9.91. The molecule has 2 N–H and O–H groups in total. The number of halogens is 1. The molecular formula is C14H19FN2O. The van der Waals surface area contributed by atoms with Crippen LogP contribution in [0, 0.1) is 24.6 Å². The highest BCUT2D eigenvalue weighted by Crippen LogP contribution is 2.19. The van der Waals surface area contributed by atoms with E-state index in [0.717, 1.165) is 19.5 Å².